The molecule has 1 atom stereocenters. The highest BCUT2D eigenvalue weighted by molar-refractivity contribution is 7.89. The van der Waals surface area contributed by atoms with Gasteiger partial charge in [0.15, 0.2) is 0 Å². The van der Waals surface area contributed by atoms with Crippen molar-refractivity contribution in [1.82, 2.24) is 4.72 Å². The van der Waals surface area contributed by atoms with Gasteiger partial charge in [0.1, 0.15) is 10.6 Å². The molecule has 1 aliphatic heterocycles. The molecule has 2 aromatic carbocycles. The molecule has 0 amide bonds. The standard InChI is InChI=1S/C20H25ClN2O3S/c1-15-4-3-11-23(14-15)18-8-5-16(6-9-18)13-22-27(24,25)20-12-17(21)7-10-19(20)26-2/h5-10,12,15,22H,3-4,11,13-14H2,1-2H3. The summed E-state index contributed by atoms with van der Waals surface area (Å²) in [6.07, 6.45) is 2.49. The Hall–Kier alpha value is -1.76. The summed E-state index contributed by atoms with van der Waals surface area (Å²) < 4.78 is 33.0. The second kappa shape index (κ2) is 8.50. The molecule has 146 valence electrons. The van der Waals surface area contributed by atoms with Crippen LogP contribution in [0, 0.1) is 5.92 Å². The number of benzene rings is 2. The highest BCUT2D eigenvalue weighted by atomic mass is 35.5. The Labute approximate surface area is 166 Å². The summed E-state index contributed by atoms with van der Waals surface area (Å²) >= 11 is 5.95. The first-order valence-electron chi connectivity index (χ1n) is 9.06. The lowest BCUT2D eigenvalue weighted by Crippen LogP contribution is -2.34. The van der Waals surface area contributed by atoms with E-state index in [1.807, 2.05) is 12.1 Å². The average molecular weight is 409 g/mol. The van der Waals surface area contributed by atoms with E-state index < -0.39 is 10.0 Å². The number of ether oxygens (including phenoxy) is 1. The number of halogens is 1. The molecule has 0 aliphatic carbocycles. The lowest BCUT2D eigenvalue weighted by Gasteiger charge is -2.32. The fraction of sp³-hybridized carbons (Fsp3) is 0.400. The van der Waals surface area contributed by atoms with E-state index in [1.165, 1.54) is 31.7 Å². The maximum atomic E-state index is 12.6. The van der Waals surface area contributed by atoms with Crippen molar-refractivity contribution in [1.29, 1.82) is 0 Å². The van der Waals surface area contributed by atoms with E-state index >= 15 is 0 Å². The minimum Gasteiger partial charge on any atom is -0.495 e. The summed E-state index contributed by atoms with van der Waals surface area (Å²) in [5.41, 5.74) is 2.08. The van der Waals surface area contributed by atoms with E-state index in [4.69, 9.17) is 16.3 Å². The predicted octanol–water partition coefficient (Wildman–Crippen LogP) is 4.06. The minimum atomic E-state index is -3.73. The van der Waals surface area contributed by atoms with Crippen molar-refractivity contribution in [3.05, 3.63) is 53.1 Å². The van der Waals surface area contributed by atoms with Crippen LogP contribution in [0.25, 0.3) is 0 Å². The molecule has 7 heteroatoms. The highest BCUT2D eigenvalue weighted by Crippen LogP contribution is 2.27. The number of methoxy groups -OCH3 is 1. The van der Waals surface area contributed by atoms with Crippen LogP contribution in [0.4, 0.5) is 5.69 Å². The van der Waals surface area contributed by atoms with Gasteiger partial charge in [-0.2, -0.15) is 0 Å². The van der Waals surface area contributed by atoms with Crippen molar-refractivity contribution < 1.29 is 13.2 Å². The smallest absolute Gasteiger partial charge is 0.244 e. The number of rotatable bonds is 6. The molecule has 1 N–H and O–H groups in total. The van der Waals surface area contributed by atoms with Crippen LogP contribution in [0.2, 0.25) is 5.02 Å². The summed E-state index contributed by atoms with van der Waals surface area (Å²) in [6, 6.07) is 12.6. The Morgan fingerprint density at radius 2 is 1.96 bits per heavy atom. The second-order valence-corrected chi connectivity index (χ2v) is 9.15. The number of anilines is 1. The first-order chi connectivity index (χ1) is 12.9. The van der Waals surface area contributed by atoms with E-state index in [2.05, 4.69) is 28.7 Å². The van der Waals surface area contributed by atoms with E-state index in [0.717, 1.165) is 18.7 Å². The van der Waals surface area contributed by atoms with Crippen LogP contribution in [0.3, 0.4) is 0 Å². The third kappa shape index (κ3) is 4.94. The molecule has 2 aromatic rings. The molecule has 1 saturated heterocycles. The summed E-state index contributed by atoms with van der Waals surface area (Å²) in [7, 11) is -2.30. The second-order valence-electron chi connectivity index (χ2n) is 6.98. The molecule has 27 heavy (non-hydrogen) atoms. The van der Waals surface area contributed by atoms with Crippen LogP contribution in [-0.4, -0.2) is 28.6 Å². The van der Waals surface area contributed by atoms with Crippen molar-refractivity contribution >= 4 is 27.3 Å². The zero-order valence-corrected chi connectivity index (χ0v) is 17.2. The molecular weight excluding hydrogens is 384 g/mol. The van der Waals surface area contributed by atoms with Gasteiger partial charge < -0.3 is 9.64 Å². The normalized spacial score (nSPS) is 17.7. The average Bonchev–Trinajstić information content (AvgIpc) is 2.67. The van der Waals surface area contributed by atoms with Crippen LogP contribution in [0.1, 0.15) is 25.3 Å². The van der Waals surface area contributed by atoms with Crippen molar-refractivity contribution in [3.8, 4) is 5.75 Å². The summed E-state index contributed by atoms with van der Waals surface area (Å²) in [5, 5.41) is 0.344. The zero-order valence-electron chi connectivity index (χ0n) is 15.6. The van der Waals surface area contributed by atoms with E-state index in [9.17, 15) is 8.42 Å². The lowest BCUT2D eigenvalue weighted by atomic mass is 9.99. The van der Waals surface area contributed by atoms with Gasteiger partial charge in [-0.1, -0.05) is 30.7 Å². The zero-order chi connectivity index (χ0) is 19.4. The Morgan fingerprint density at radius 1 is 1.22 bits per heavy atom. The monoisotopic (exact) mass is 408 g/mol. The lowest BCUT2D eigenvalue weighted by molar-refractivity contribution is 0.402. The SMILES string of the molecule is COc1ccc(Cl)cc1S(=O)(=O)NCc1ccc(N2CCCC(C)C2)cc1. The van der Waals surface area contributed by atoms with Crippen LogP contribution in [-0.2, 0) is 16.6 Å². The highest BCUT2D eigenvalue weighted by Gasteiger charge is 2.20. The number of sulfonamides is 1. The van der Waals surface area contributed by atoms with Gasteiger partial charge in [-0.15, -0.1) is 0 Å². The van der Waals surface area contributed by atoms with Crippen molar-refractivity contribution in [3.63, 3.8) is 0 Å². The number of hydrogen-bond acceptors (Lipinski definition) is 4. The van der Waals surface area contributed by atoms with Gasteiger partial charge in [0.2, 0.25) is 10.0 Å². The topological polar surface area (TPSA) is 58.6 Å². The first-order valence-corrected chi connectivity index (χ1v) is 10.9. The van der Waals surface area contributed by atoms with E-state index in [0.29, 0.717) is 10.9 Å². The van der Waals surface area contributed by atoms with Gasteiger partial charge in [-0.05, 0) is 54.7 Å². The summed E-state index contributed by atoms with van der Waals surface area (Å²) in [4.78, 5) is 2.43. The van der Waals surface area contributed by atoms with E-state index in [-0.39, 0.29) is 17.2 Å². The molecule has 0 spiro atoms. The van der Waals surface area contributed by atoms with Crippen LogP contribution < -0.4 is 14.4 Å². The third-order valence-corrected chi connectivity index (χ3v) is 6.50. The van der Waals surface area contributed by atoms with Gasteiger partial charge in [-0.3, -0.25) is 0 Å². The van der Waals surface area contributed by atoms with Crippen LogP contribution >= 0.6 is 11.6 Å². The molecule has 0 aromatic heterocycles. The molecule has 0 radical (unpaired) electrons. The summed E-state index contributed by atoms with van der Waals surface area (Å²) in [5.74, 6) is 0.972. The Bertz CT molecular complexity index is 885. The van der Waals surface area contributed by atoms with Gasteiger partial charge >= 0.3 is 0 Å². The van der Waals surface area contributed by atoms with Gasteiger partial charge in [0.05, 0.1) is 7.11 Å². The molecule has 3 rings (SSSR count). The molecule has 0 saturated carbocycles. The van der Waals surface area contributed by atoms with Crippen molar-refractivity contribution in [2.45, 2.75) is 31.2 Å². The number of piperidine rings is 1. The fourth-order valence-electron chi connectivity index (χ4n) is 3.37. The molecule has 1 unspecified atom stereocenters. The number of nitrogens with one attached hydrogen (secondary N) is 1. The third-order valence-electron chi connectivity index (χ3n) is 4.84. The Morgan fingerprint density at radius 3 is 2.63 bits per heavy atom. The van der Waals surface area contributed by atoms with Crippen molar-refractivity contribution in [2.24, 2.45) is 5.92 Å². The quantitative estimate of drug-likeness (QED) is 0.782. The fourth-order valence-corrected chi connectivity index (χ4v) is 4.81. The predicted molar refractivity (Wildman–Crippen MR) is 109 cm³/mol. The Kier molecular flexibility index (Phi) is 6.29. The molecule has 0 bridgehead atoms. The molecule has 1 fully saturated rings. The molecule has 1 aliphatic rings. The molecule has 1 heterocycles. The number of hydrogen-bond donors (Lipinski definition) is 1. The van der Waals surface area contributed by atoms with E-state index in [1.54, 1.807) is 12.1 Å². The van der Waals surface area contributed by atoms with Crippen LogP contribution in [0.5, 0.6) is 5.75 Å². The largest absolute Gasteiger partial charge is 0.495 e. The molecule has 5 nitrogen and oxygen atoms in total. The van der Waals surface area contributed by atoms with Crippen molar-refractivity contribution in [2.75, 3.05) is 25.1 Å². The van der Waals surface area contributed by atoms with Crippen LogP contribution in [0.15, 0.2) is 47.4 Å². The molecular formula is C20H25ClN2O3S. The van der Waals surface area contributed by atoms with Gasteiger partial charge in [-0.25, -0.2) is 13.1 Å². The number of nitrogens with zero attached hydrogens (tertiary/aromatic N) is 1. The minimum absolute atomic E-state index is 0.0384. The first kappa shape index (κ1) is 20.0. The maximum absolute atomic E-state index is 12.6. The Balaban J connectivity index is 1.68. The van der Waals surface area contributed by atoms with Gasteiger partial charge in [0.25, 0.3) is 0 Å². The van der Waals surface area contributed by atoms with Gasteiger partial charge in [0, 0.05) is 30.3 Å². The maximum Gasteiger partial charge on any atom is 0.244 e. The summed E-state index contributed by atoms with van der Waals surface area (Å²) in [6.45, 7) is 4.62.